The summed E-state index contributed by atoms with van der Waals surface area (Å²) in [7, 11) is 0. The van der Waals surface area contributed by atoms with E-state index in [1.54, 1.807) is 12.1 Å². The van der Waals surface area contributed by atoms with Crippen LogP contribution in [0.2, 0.25) is 0 Å². The summed E-state index contributed by atoms with van der Waals surface area (Å²) in [6.07, 6.45) is 0. The van der Waals surface area contributed by atoms with Gasteiger partial charge in [0.1, 0.15) is 0 Å². The SMILES string of the molecule is CC(C)C(F)(F)c1ccc(-c2ccccc2)cc1. The maximum absolute atomic E-state index is 13.8. The van der Waals surface area contributed by atoms with Crippen LogP contribution >= 0.6 is 0 Å². The minimum absolute atomic E-state index is 0.0807. The number of hydrogen-bond acceptors (Lipinski definition) is 0. The van der Waals surface area contributed by atoms with Gasteiger partial charge in [-0.05, 0) is 11.1 Å². The predicted molar refractivity (Wildman–Crippen MR) is 70.6 cm³/mol. The van der Waals surface area contributed by atoms with E-state index in [4.69, 9.17) is 0 Å². The summed E-state index contributed by atoms with van der Waals surface area (Å²) in [6.45, 7) is 3.07. The lowest BCUT2D eigenvalue weighted by atomic mass is 9.95. The molecule has 0 nitrogen and oxygen atoms in total. The number of alkyl halides is 2. The van der Waals surface area contributed by atoms with Crippen molar-refractivity contribution in [2.45, 2.75) is 19.8 Å². The monoisotopic (exact) mass is 246 g/mol. The molecule has 0 bridgehead atoms. The van der Waals surface area contributed by atoms with Crippen molar-refractivity contribution in [1.29, 1.82) is 0 Å². The molecule has 0 atom stereocenters. The van der Waals surface area contributed by atoms with Gasteiger partial charge in [0.2, 0.25) is 0 Å². The zero-order valence-electron chi connectivity index (χ0n) is 10.5. The molecular weight excluding hydrogens is 230 g/mol. The first-order valence-corrected chi connectivity index (χ1v) is 6.05. The maximum atomic E-state index is 13.8. The molecule has 2 aromatic rings. The molecule has 0 saturated heterocycles. The van der Waals surface area contributed by atoms with Crippen LogP contribution in [0, 0.1) is 5.92 Å². The fourth-order valence-electron chi connectivity index (χ4n) is 1.85. The van der Waals surface area contributed by atoms with Crippen molar-refractivity contribution in [2.75, 3.05) is 0 Å². The largest absolute Gasteiger partial charge is 0.275 e. The first kappa shape index (κ1) is 12.7. The second-order valence-corrected chi connectivity index (χ2v) is 4.72. The van der Waals surface area contributed by atoms with Crippen LogP contribution in [0.1, 0.15) is 19.4 Å². The van der Waals surface area contributed by atoms with Crippen molar-refractivity contribution in [3.63, 3.8) is 0 Å². The number of benzene rings is 2. The molecule has 2 aromatic carbocycles. The first-order chi connectivity index (χ1) is 8.51. The summed E-state index contributed by atoms with van der Waals surface area (Å²) < 4.78 is 27.6. The van der Waals surface area contributed by atoms with Crippen LogP contribution in [-0.2, 0) is 5.92 Å². The van der Waals surface area contributed by atoms with Crippen LogP contribution in [0.25, 0.3) is 11.1 Å². The van der Waals surface area contributed by atoms with E-state index in [9.17, 15) is 8.78 Å². The van der Waals surface area contributed by atoms with E-state index in [-0.39, 0.29) is 5.56 Å². The van der Waals surface area contributed by atoms with Crippen molar-refractivity contribution < 1.29 is 8.78 Å². The second-order valence-electron chi connectivity index (χ2n) is 4.72. The zero-order valence-corrected chi connectivity index (χ0v) is 10.5. The molecule has 94 valence electrons. The minimum atomic E-state index is -2.77. The molecule has 0 aliphatic carbocycles. The molecule has 0 N–H and O–H groups in total. The lowest BCUT2D eigenvalue weighted by Crippen LogP contribution is -2.20. The van der Waals surface area contributed by atoms with Gasteiger partial charge in [-0.15, -0.1) is 0 Å². The first-order valence-electron chi connectivity index (χ1n) is 6.05. The Morgan fingerprint density at radius 2 is 1.28 bits per heavy atom. The Balaban J connectivity index is 2.32. The van der Waals surface area contributed by atoms with Crippen molar-refractivity contribution in [2.24, 2.45) is 5.92 Å². The molecule has 0 saturated carbocycles. The Bertz CT molecular complexity index is 498. The molecule has 0 amide bonds. The third-order valence-electron chi connectivity index (χ3n) is 3.10. The van der Waals surface area contributed by atoms with Crippen LogP contribution in [0.4, 0.5) is 8.78 Å². The molecule has 2 heteroatoms. The highest BCUT2D eigenvalue weighted by Crippen LogP contribution is 2.36. The van der Waals surface area contributed by atoms with Crippen LogP contribution in [-0.4, -0.2) is 0 Å². The fraction of sp³-hybridized carbons (Fsp3) is 0.250. The van der Waals surface area contributed by atoms with E-state index in [2.05, 4.69) is 0 Å². The minimum Gasteiger partial charge on any atom is -0.201 e. The topological polar surface area (TPSA) is 0 Å². The standard InChI is InChI=1S/C16H16F2/c1-12(2)16(17,18)15-10-8-14(9-11-15)13-6-4-3-5-7-13/h3-12H,1-2H3. The van der Waals surface area contributed by atoms with Crippen molar-refractivity contribution in [1.82, 2.24) is 0 Å². The highest BCUT2D eigenvalue weighted by molar-refractivity contribution is 5.63. The zero-order chi connectivity index (χ0) is 13.2. The maximum Gasteiger partial charge on any atom is 0.275 e. The smallest absolute Gasteiger partial charge is 0.201 e. The Labute approximate surface area is 106 Å². The highest BCUT2D eigenvalue weighted by atomic mass is 19.3. The summed E-state index contributed by atoms with van der Waals surface area (Å²) in [6, 6.07) is 16.3. The molecule has 0 unspecified atom stereocenters. The van der Waals surface area contributed by atoms with E-state index < -0.39 is 11.8 Å². The average Bonchev–Trinajstić information content (AvgIpc) is 2.40. The highest BCUT2D eigenvalue weighted by Gasteiger charge is 2.35. The summed E-state index contributed by atoms with van der Waals surface area (Å²) in [5, 5.41) is 0. The fourth-order valence-corrected chi connectivity index (χ4v) is 1.85. The Hall–Kier alpha value is -1.70. The number of hydrogen-bond donors (Lipinski definition) is 0. The van der Waals surface area contributed by atoms with Crippen molar-refractivity contribution >= 4 is 0 Å². The van der Waals surface area contributed by atoms with Gasteiger partial charge in [0.15, 0.2) is 0 Å². The summed E-state index contributed by atoms with van der Waals surface area (Å²) >= 11 is 0. The third-order valence-corrected chi connectivity index (χ3v) is 3.10. The van der Waals surface area contributed by atoms with Gasteiger partial charge >= 0.3 is 0 Å². The van der Waals surface area contributed by atoms with Crippen LogP contribution in [0.15, 0.2) is 54.6 Å². The van der Waals surface area contributed by atoms with Gasteiger partial charge in [-0.1, -0.05) is 68.4 Å². The Morgan fingerprint density at radius 1 is 0.778 bits per heavy atom. The summed E-state index contributed by atoms with van der Waals surface area (Å²) in [5.41, 5.74) is 2.08. The normalized spacial score (nSPS) is 11.8. The Morgan fingerprint density at radius 3 is 1.78 bits per heavy atom. The van der Waals surface area contributed by atoms with E-state index in [0.717, 1.165) is 11.1 Å². The van der Waals surface area contributed by atoms with Gasteiger partial charge in [-0.3, -0.25) is 0 Å². The molecule has 2 rings (SSSR count). The summed E-state index contributed by atoms with van der Waals surface area (Å²) in [5.74, 6) is -3.46. The van der Waals surface area contributed by atoms with Crippen molar-refractivity contribution in [3.8, 4) is 11.1 Å². The lowest BCUT2D eigenvalue weighted by Gasteiger charge is -2.20. The van der Waals surface area contributed by atoms with Crippen LogP contribution < -0.4 is 0 Å². The summed E-state index contributed by atoms with van der Waals surface area (Å²) in [4.78, 5) is 0. The second kappa shape index (κ2) is 4.89. The Kier molecular flexibility index (Phi) is 3.46. The molecule has 18 heavy (non-hydrogen) atoms. The van der Waals surface area contributed by atoms with Gasteiger partial charge in [0.05, 0.1) is 0 Å². The molecule has 0 spiro atoms. The molecule has 0 aliphatic rings. The van der Waals surface area contributed by atoms with Gasteiger partial charge in [-0.2, -0.15) is 0 Å². The van der Waals surface area contributed by atoms with Gasteiger partial charge < -0.3 is 0 Å². The van der Waals surface area contributed by atoms with Gasteiger partial charge in [0.25, 0.3) is 5.92 Å². The van der Waals surface area contributed by atoms with Gasteiger partial charge in [-0.25, -0.2) is 8.78 Å². The number of halogens is 2. The molecule has 0 radical (unpaired) electrons. The van der Waals surface area contributed by atoms with E-state index in [1.807, 2.05) is 30.3 Å². The molecule has 0 aliphatic heterocycles. The van der Waals surface area contributed by atoms with Crippen LogP contribution in [0.5, 0.6) is 0 Å². The van der Waals surface area contributed by atoms with Gasteiger partial charge in [0, 0.05) is 11.5 Å². The van der Waals surface area contributed by atoms with E-state index in [1.165, 1.54) is 26.0 Å². The number of rotatable bonds is 3. The predicted octanol–water partition coefficient (Wildman–Crippen LogP) is 5.10. The van der Waals surface area contributed by atoms with E-state index >= 15 is 0 Å². The van der Waals surface area contributed by atoms with E-state index in [0.29, 0.717) is 0 Å². The molecular formula is C16H16F2. The quantitative estimate of drug-likeness (QED) is 0.706. The molecule has 0 aromatic heterocycles. The molecule has 0 fully saturated rings. The third kappa shape index (κ3) is 2.42. The molecule has 0 heterocycles. The van der Waals surface area contributed by atoms with Crippen molar-refractivity contribution in [3.05, 3.63) is 60.2 Å². The average molecular weight is 246 g/mol. The van der Waals surface area contributed by atoms with Crippen LogP contribution in [0.3, 0.4) is 0 Å². The lowest BCUT2D eigenvalue weighted by molar-refractivity contribution is -0.0513.